The molecular weight excluding hydrogens is 114 g/mol. The molecule has 2 heteroatoms. The van der Waals surface area contributed by atoms with Gasteiger partial charge in [-0.3, -0.25) is 4.90 Å². The summed E-state index contributed by atoms with van der Waals surface area (Å²) in [4.78, 5) is 2.19. The molecule has 9 heavy (non-hydrogen) atoms. The molecule has 1 saturated heterocycles. The van der Waals surface area contributed by atoms with Crippen LogP contribution in [0.1, 0.15) is 19.8 Å². The molecule has 1 rings (SSSR count). The Balaban J connectivity index is 2.11. The molecule has 53 valence electrons. The predicted molar refractivity (Wildman–Crippen MR) is 36.8 cm³/mol. The van der Waals surface area contributed by atoms with E-state index in [-0.39, 0.29) is 6.10 Å². The molecule has 1 aliphatic rings. The van der Waals surface area contributed by atoms with Crippen LogP contribution in [-0.2, 0) is 0 Å². The Hall–Kier alpha value is -0.0800. The lowest BCUT2D eigenvalue weighted by molar-refractivity contribution is 0.151. The van der Waals surface area contributed by atoms with Crippen molar-refractivity contribution >= 4 is 0 Å². The van der Waals surface area contributed by atoms with Gasteiger partial charge in [-0.15, -0.1) is 0 Å². The van der Waals surface area contributed by atoms with Gasteiger partial charge >= 0.3 is 0 Å². The van der Waals surface area contributed by atoms with Gasteiger partial charge in [0.2, 0.25) is 0 Å². The van der Waals surface area contributed by atoms with Crippen molar-refractivity contribution in [1.29, 1.82) is 0 Å². The lowest BCUT2D eigenvalue weighted by Crippen LogP contribution is -2.25. The smallest absolute Gasteiger partial charge is 0.0639 e. The molecule has 0 aliphatic carbocycles. The molecule has 0 amide bonds. The van der Waals surface area contributed by atoms with Crippen LogP contribution in [0.15, 0.2) is 0 Å². The standard InChI is InChI=1S/C7H14NO/c1-7(9)6-8-4-2-3-5-8/h4,7,9H,2-3,5-6H2,1H3. The summed E-state index contributed by atoms with van der Waals surface area (Å²) in [5, 5.41) is 8.95. The Morgan fingerprint density at radius 2 is 2.56 bits per heavy atom. The zero-order valence-corrected chi connectivity index (χ0v) is 5.88. The van der Waals surface area contributed by atoms with Crippen molar-refractivity contribution in [3.8, 4) is 0 Å². The molecule has 0 bridgehead atoms. The predicted octanol–water partition coefficient (Wildman–Crippen LogP) is 0.625. The van der Waals surface area contributed by atoms with Crippen LogP contribution in [-0.4, -0.2) is 29.2 Å². The summed E-state index contributed by atoms with van der Waals surface area (Å²) in [6, 6.07) is 0. The number of rotatable bonds is 2. The Kier molecular flexibility index (Phi) is 2.49. The third kappa shape index (κ3) is 2.33. The maximum atomic E-state index is 8.95. The average Bonchev–Trinajstić information content (AvgIpc) is 2.15. The molecule has 0 saturated carbocycles. The van der Waals surface area contributed by atoms with Crippen LogP contribution >= 0.6 is 0 Å². The van der Waals surface area contributed by atoms with E-state index in [1.54, 1.807) is 0 Å². The van der Waals surface area contributed by atoms with Gasteiger partial charge < -0.3 is 5.11 Å². The van der Waals surface area contributed by atoms with Crippen LogP contribution in [0, 0.1) is 6.54 Å². The number of hydrogen-bond acceptors (Lipinski definition) is 2. The van der Waals surface area contributed by atoms with E-state index >= 15 is 0 Å². The van der Waals surface area contributed by atoms with Crippen molar-refractivity contribution in [2.24, 2.45) is 0 Å². The van der Waals surface area contributed by atoms with Crippen LogP contribution in [0.2, 0.25) is 0 Å². The zero-order chi connectivity index (χ0) is 6.69. The van der Waals surface area contributed by atoms with Crippen molar-refractivity contribution < 1.29 is 5.11 Å². The van der Waals surface area contributed by atoms with E-state index in [0.717, 1.165) is 13.1 Å². The molecular formula is C7H14NO. The van der Waals surface area contributed by atoms with E-state index in [2.05, 4.69) is 11.4 Å². The molecule has 1 N–H and O–H groups in total. The van der Waals surface area contributed by atoms with Gasteiger partial charge in [0.15, 0.2) is 0 Å². The molecule has 1 atom stereocenters. The lowest BCUT2D eigenvalue weighted by Gasteiger charge is -2.15. The summed E-state index contributed by atoms with van der Waals surface area (Å²) in [6.07, 6.45) is 2.26. The van der Waals surface area contributed by atoms with Gasteiger partial charge in [0.05, 0.1) is 6.10 Å². The van der Waals surface area contributed by atoms with Gasteiger partial charge in [-0.1, -0.05) is 0 Å². The van der Waals surface area contributed by atoms with E-state index in [9.17, 15) is 0 Å². The van der Waals surface area contributed by atoms with Crippen LogP contribution in [0.4, 0.5) is 0 Å². The van der Waals surface area contributed by atoms with Gasteiger partial charge in [-0.25, -0.2) is 0 Å². The molecule has 0 aromatic heterocycles. The number of nitrogens with zero attached hydrogens (tertiary/aromatic N) is 1. The molecule has 1 fully saturated rings. The Morgan fingerprint density at radius 3 is 3.00 bits per heavy atom. The minimum atomic E-state index is -0.181. The first kappa shape index (κ1) is 7.03. The highest BCUT2D eigenvalue weighted by Gasteiger charge is 2.12. The maximum absolute atomic E-state index is 8.95. The number of β-amino-alcohol motifs (C(OH)–C–C–N with tert-alkyl or cyclic N) is 1. The van der Waals surface area contributed by atoms with Gasteiger partial charge in [-0.2, -0.15) is 0 Å². The minimum absolute atomic E-state index is 0.181. The second kappa shape index (κ2) is 3.18. The monoisotopic (exact) mass is 128 g/mol. The van der Waals surface area contributed by atoms with Gasteiger partial charge in [0.25, 0.3) is 0 Å². The first-order valence-corrected chi connectivity index (χ1v) is 3.54. The van der Waals surface area contributed by atoms with E-state index in [1.807, 2.05) is 6.92 Å². The fraction of sp³-hybridized carbons (Fsp3) is 0.857. The minimum Gasteiger partial charge on any atom is -0.392 e. The lowest BCUT2D eigenvalue weighted by atomic mass is 10.4. The molecule has 1 aliphatic heterocycles. The SMILES string of the molecule is CC(O)CN1[CH]CCC1. The Bertz CT molecular complexity index is 77.0. The van der Waals surface area contributed by atoms with Gasteiger partial charge in [0.1, 0.15) is 0 Å². The second-order valence-electron chi connectivity index (χ2n) is 2.67. The highest BCUT2D eigenvalue weighted by molar-refractivity contribution is 4.77. The summed E-state index contributed by atoms with van der Waals surface area (Å²) >= 11 is 0. The van der Waals surface area contributed by atoms with Gasteiger partial charge in [0, 0.05) is 13.1 Å². The molecule has 0 aromatic carbocycles. The van der Waals surface area contributed by atoms with Gasteiger partial charge in [-0.05, 0) is 26.3 Å². The van der Waals surface area contributed by atoms with Crippen molar-refractivity contribution in [1.82, 2.24) is 4.90 Å². The first-order chi connectivity index (χ1) is 4.29. The molecule has 0 aromatic rings. The average molecular weight is 128 g/mol. The highest BCUT2D eigenvalue weighted by Crippen LogP contribution is 2.11. The van der Waals surface area contributed by atoms with Crippen LogP contribution in [0.5, 0.6) is 0 Å². The second-order valence-corrected chi connectivity index (χ2v) is 2.67. The first-order valence-electron chi connectivity index (χ1n) is 3.54. The number of likely N-dealkylation sites (tertiary alicyclic amines) is 1. The van der Waals surface area contributed by atoms with E-state index < -0.39 is 0 Å². The molecule has 1 unspecified atom stereocenters. The number of hydrogen-bond donors (Lipinski definition) is 1. The summed E-state index contributed by atoms with van der Waals surface area (Å²) in [5.74, 6) is 0. The Labute approximate surface area is 56.5 Å². The number of aliphatic hydroxyl groups is 1. The van der Waals surface area contributed by atoms with Crippen molar-refractivity contribution in [3.05, 3.63) is 6.54 Å². The quantitative estimate of drug-likeness (QED) is 0.589. The fourth-order valence-corrected chi connectivity index (χ4v) is 1.16. The van der Waals surface area contributed by atoms with Crippen LogP contribution in [0.25, 0.3) is 0 Å². The van der Waals surface area contributed by atoms with E-state index in [0.29, 0.717) is 0 Å². The fourth-order valence-electron chi connectivity index (χ4n) is 1.16. The summed E-state index contributed by atoms with van der Waals surface area (Å²) in [5.41, 5.74) is 0. The largest absolute Gasteiger partial charge is 0.392 e. The van der Waals surface area contributed by atoms with Crippen LogP contribution < -0.4 is 0 Å². The highest BCUT2D eigenvalue weighted by atomic mass is 16.3. The molecule has 1 radical (unpaired) electrons. The van der Waals surface area contributed by atoms with E-state index in [1.165, 1.54) is 12.8 Å². The van der Waals surface area contributed by atoms with E-state index in [4.69, 9.17) is 5.11 Å². The maximum Gasteiger partial charge on any atom is 0.0639 e. The third-order valence-corrected chi connectivity index (χ3v) is 1.54. The Morgan fingerprint density at radius 1 is 1.78 bits per heavy atom. The molecule has 1 heterocycles. The van der Waals surface area contributed by atoms with Crippen molar-refractivity contribution in [2.75, 3.05) is 13.1 Å². The number of aliphatic hydroxyl groups excluding tert-OH is 1. The van der Waals surface area contributed by atoms with Crippen LogP contribution in [0.3, 0.4) is 0 Å². The molecule has 0 spiro atoms. The van der Waals surface area contributed by atoms with Crippen molar-refractivity contribution in [3.63, 3.8) is 0 Å². The molecule has 2 nitrogen and oxygen atoms in total. The summed E-state index contributed by atoms with van der Waals surface area (Å²) in [7, 11) is 0. The zero-order valence-electron chi connectivity index (χ0n) is 5.88. The summed E-state index contributed by atoms with van der Waals surface area (Å²) < 4.78 is 0. The summed E-state index contributed by atoms with van der Waals surface area (Å²) in [6.45, 7) is 5.93. The van der Waals surface area contributed by atoms with Crippen molar-refractivity contribution in [2.45, 2.75) is 25.9 Å². The topological polar surface area (TPSA) is 23.5 Å². The normalized spacial score (nSPS) is 24.7. The third-order valence-electron chi connectivity index (χ3n) is 1.54.